The number of fused-ring (bicyclic) bond motifs is 1. The number of rotatable bonds is 17. The van der Waals surface area contributed by atoms with Crippen molar-refractivity contribution in [2.45, 2.75) is 110 Å². The monoisotopic (exact) mass is 646 g/mol. The van der Waals surface area contributed by atoms with Crippen molar-refractivity contribution in [3.05, 3.63) is 131 Å². The first-order valence-corrected chi connectivity index (χ1v) is 18.9. The van der Waals surface area contributed by atoms with E-state index < -0.39 is 0 Å². The maximum atomic E-state index is 4.74. The lowest BCUT2D eigenvalue weighted by atomic mass is 9.82. The van der Waals surface area contributed by atoms with Crippen molar-refractivity contribution in [2.24, 2.45) is 17.3 Å². The molecule has 1 aliphatic heterocycles. The average Bonchev–Trinajstić information content (AvgIpc) is 3.47. The number of allylic oxidation sites excluding steroid dienone is 2. The predicted molar refractivity (Wildman–Crippen MR) is 206 cm³/mol. The summed E-state index contributed by atoms with van der Waals surface area (Å²) in [6, 6.07) is 30.1. The summed E-state index contributed by atoms with van der Waals surface area (Å²) in [7, 11) is 0. The maximum Gasteiger partial charge on any atom is 0.0516 e. The average molecular weight is 646 g/mol. The van der Waals surface area contributed by atoms with Gasteiger partial charge in [-0.15, -0.1) is 0 Å². The Bertz CT molecular complexity index is 1430. The number of nitrogens with zero attached hydrogens (tertiary/aromatic N) is 1. The number of hydrogen-bond acceptors (Lipinski definition) is 3. The Hall–Kier alpha value is -3.30. The van der Waals surface area contributed by atoms with Crippen LogP contribution in [-0.4, -0.2) is 30.6 Å². The second-order valence-corrected chi connectivity index (χ2v) is 16.2. The van der Waals surface area contributed by atoms with Gasteiger partial charge in [0.25, 0.3) is 0 Å². The Labute approximate surface area is 293 Å². The van der Waals surface area contributed by atoms with E-state index in [2.05, 4.69) is 129 Å². The van der Waals surface area contributed by atoms with Gasteiger partial charge in [-0.3, -0.25) is 0 Å². The smallest absolute Gasteiger partial charge is 0.0516 e. The van der Waals surface area contributed by atoms with Crippen LogP contribution in [0.5, 0.6) is 0 Å². The van der Waals surface area contributed by atoms with Crippen LogP contribution in [0.3, 0.4) is 0 Å². The van der Waals surface area contributed by atoms with Gasteiger partial charge in [0.05, 0.1) is 6.04 Å². The number of benzene rings is 3. The molecular weight excluding hydrogens is 583 g/mol. The van der Waals surface area contributed by atoms with Gasteiger partial charge < -0.3 is 15.5 Å². The fourth-order valence-electron chi connectivity index (χ4n) is 8.04. The lowest BCUT2D eigenvalue weighted by Gasteiger charge is -2.33. The highest BCUT2D eigenvalue weighted by molar-refractivity contribution is 5.35. The topological polar surface area (TPSA) is 27.3 Å². The zero-order valence-corrected chi connectivity index (χ0v) is 30.6. The Morgan fingerprint density at radius 2 is 1.50 bits per heavy atom. The van der Waals surface area contributed by atoms with E-state index >= 15 is 0 Å². The van der Waals surface area contributed by atoms with Crippen LogP contribution < -0.4 is 10.6 Å². The molecule has 258 valence electrons. The lowest BCUT2D eigenvalue weighted by molar-refractivity contribution is 0.226. The van der Waals surface area contributed by atoms with Gasteiger partial charge in [0.2, 0.25) is 0 Å². The minimum Gasteiger partial charge on any atom is -0.385 e. The molecule has 0 amide bonds. The summed E-state index contributed by atoms with van der Waals surface area (Å²) in [5.74, 6) is 0.754. The fraction of sp³-hybridized carbons (Fsp3) is 0.511. The van der Waals surface area contributed by atoms with Crippen LogP contribution in [0.1, 0.15) is 106 Å². The molecule has 1 fully saturated rings. The summed E-state index contributed by atoms with van der Waals surface area (Å²) >= 11 is 0. The van der Waals surface area contributed by atoms with Crippen LogP contribution in [0.15, 0.2) is 103 Å². The molecule has 1 saturated heterocycles. The van der Waals surface area contributed by atoms with E-state index in [9.17, 15) is 0 Å². The highest BCUT2D eigenvalue weighted by Gasteiger charge is 2.28. The van der Waals surface area contributed by atoms with Gasteiger partial charge in [0.1, 0.15) is 0 Å². The third-order valence-electron chi connectivity index (χ3n) is 10.7. The summed E-state index contributed by atoms with van der Waals surface area (Å²) in [4.78, 5) is 2.66. The third-order valence-corrected chi connectivity index (χ3v) is 10.7. The molecule has 4 unspecified atom stereocenters. The van der Waals surface area contributed by atoms with Crippen LogP contribution in [0.2, 0.25) is 0 Å². The summed E-state index contributed by atoms with van der Waals surface area (Å²) in [6.07, 6.45) is 12.9. The SMILES string of the molecule is C=C(CC(C)(C)C)NC(Cc1ccccc1)C(C)CC(Cc1ccc(CCCN2CCCCC2)cc1)C(=C)NC1CCc2ccccc21. The molecule has 0 spiro atoms. The van der Waals surface area contributed by atoms with Gasteiger partial charge >= 0.3 is 0 Å². The van der Waals surface area contributed by atoms with E-state index in [4.69, 9.17) is 6.58 Å². The van der Waals surface area contributed by atoms with Crippen LogP contribution in [-0.2, 0) is 25.7 Å². The molecular formula is C45H63N3. The van der Waals surface area contributed by atoms with Gasteiger partial charge in [-0.25, -0.2) is 0 Å². The number of hydrogen-bond donors (Lipinski definition) is 2. The fourth-order valence-corrected chi connectivity index (χ4v) is 8.04. The first kappa shape index (κ1) is 36.0. The molecule has 3 aromatic carbocycles. The number of nitrogens with one attached hydrogen (secondary N) is 2. The highest BCUT2D eigenvalue weighted by Crippen LogP contribution is 2.34. The van der Waals surface area contributed by atoms with Crippen LogP contribution in [0, 0.1) is 17.3 Å². The van der Waals surface area contributed by atoms with Gasteiger partial charge in [-0.1, -0.05) is 126 Å². The Kier molecular flexibility index (Phi) is 13.0. The molecule has 0 aromatic heterocycles. The van der Waals surface area contributed by atoms with Crippen molar-refractivity contribution in [3.63, 3.8) is 0 Å². The number of aryl methyl sites for hydroxylation is 2. The minimum absolute atomic E-state index is 0.197. The second kappa shape index (κ2) is 17.4. The van der Waals surface area contributed by atoms with Crippen molar-refractivity contribution in [1.29, 1.82) is 0 Å². The van der Waals surface area contributed by atoms with Gasteiger partial charge in [-0.05, 0) is 123 Å². The molecule has 1 aliphatic carbocycles. The molecule has 4 atom stereocenters. The van der Waals surface area contributed by atoms with Crippen LogP contribution >= 0.6 is 0 Å². The molecule has 1 heterocycles. The molecule has 3 heteroatoms. The van der Waals surface area contributed by atoms with E-state index in [0.717, 1.165) is 50.6 Å². The summed E-state index contributed by atoms with van der Waals surface area (Å²) in [6.45, 7) is 22.4. The molecule has 0 saturated carbocycles. The summed E-state index contributed by atoms with van der Waals surface area (Å²) < 4.78 is 0. The van der Waals surface area contributed by atoms with E-state index in [1.807, 2.05) is 0 Å². The predicted octanol–water partition coefficient (Wildman–Crippen LogP) is 10.2. The maximum absolute atomic E-state index is 4.74. The number of piperidine rings is 1. The first-order valence-electron chi connectivity index (χ1n) is 18.9. The van der Waals surface area contributed by atoms with Gasteiger partial charge in [0, 0.05) is 23.4 Å². The normalized spacial score (nSPS) is 18.5. The van der Waals surface area contributed by atoms with E-state index in [1.54, 1.807) is 0 Å². The highest BCUT2D eigenvalue weighted by atomic mass is 15.1. The zero-order chi connectivity index (χ0) is 33.9. The molecule has 5 rings (SSSR count). The van der Waals surface area contributed by atoms with Crippen LogP contribution in [0.25, 0.3) is 0 Å². The van der Waals surface area contributed by atoms with Crippen molar-refractivity contribution >= 4 is 0 Å². The Morgan fingerprint density at radius 1 is 0.833 bits per heavy atom. The molecule has 0 radical (unpaired) electrons. The summed E-state index contributed by atoms with van der Waals surface area (Å²) in [5.41, 5.74) is 9.69. The summed E-state index contributed by atoms with van der Waals surface area (Å²) in [5, 5.41) is 7.87. The molecule has 2 aliphatic rings. The second-order valence-electron chi connectivity index (χ2n) is 16.2. The molecule has 0 bridgehead atoms. The first-order chi connectivity index (χ1) is 23.1. The largest absolute Gasteiger partial charge is 0.385 e. The third kappa shape index (κ3) is 11.1. The van der Waals surface area contributed by atoms with E-state index in [-0.39, 0.29) is 5.41 Å². The van der Waals surface area contributed by atoms with E-state index in [0.29, 0.717) is 23.9 Å². The Balaban J connectivity index is 1.29. The lowest BCUT2D eigenvalue weighted by Crippen LogP contribution is -2.38. The van der Waals surface area contributed by atoms with Gasteiger partial charge in [0.15, 0.2) is 0 Å². The zero-order valence-electron chi connectivity index (χ0n) is 30.6. The molecule has 3 nitrogen and oxygen atoms in total. The van der Waals surface area contributed by atoms with Crippen molar-refractivity contribution in [1.82, 2.24) is 15.5 Å². The van der Waals surface area contributed by atoms with Gasteiger partial charge in [-0.2, -0.15) is 0 Å². The molecule has 2 N–H and O–H groups in total. The number of likely N-dealkylation sites (tertiary alicyclic amines) is 1. The molecule has 48 heavy (non-hydrogen) atoms. The van der Waals surface area contributed by atoms with Crippen LogP contribution in [0.4, 0.5) is 0 Å². The van der Waals surface area contributed by atoms with E-state index in [1.165, 1.54) is 78.8 Å². The quantitative estimate of drug-likeness (QED) is 0.153. The molecule has 3 aromatic rings. The standard InChI is InChI=1S/C45H63N3/c1-34(44(32-38-16-9-7-10-17-38)46-35(2)33-45(4,5)6)30-41(36(3)47-43-26-25-40-19-11-12-20-42(40)43)31-39-23-21-37(22-24-39)18-15-29-48-27-13-8-14-28-48/h7,9-12,16-17,19-24,34,41,43-44,46-47H,2-3,8,13-15,18,25-33H2,1,4-6H3. The van der Waals surface area contributed by atoms with Crippen molar-refractivity contribution < 1.29 is 0 Å². The Morgan fingerprint density at radius 3 is 2.23 bits per heavy atom. The van der Waals surface area contributed by atoms with Crippen molar-refractivity contribution in [3.8, 4) is 0 Å². The van der Waals surface area contributed by atoms with Crippen molar-refractivity contribution in [2.75, 3.05) is 19.6 Å². The minimum atomic E-state index is 0.197.